The minimum Gasteiger partial charge on any atom is -0.490 e. The van der Waals surface area contributed by atoms with Crippen LogP contribution in [-0.4, -0.2) is 32.1 Å². The molecule has 14 heavy (non-hydrogen) atoms. The summed E-state index contributed by atoms with van der Waals surface area (Å²) >= 11 is 0. The van der Waals surface area contributed by atoms with Crippen molar-refractivity contribution >= 4 is 5.69 Å². The molecule has 0 saturated heterocycles. The SMILES string of the molecule is Cc1cccc(OCCN(C)C)c1N. The molecule has 1 aromatic rings. The van der Waals surface area contributed by atoms with Gasteiger partial charge in [0.05, 0.1) is 5.69 Å². The summed E-state index contributed by atoms with van der Waals surface area (Å²) in [6, 6.07) is 5.84. The Morgan fingerprint density at radius 3 is 2.71 bits per heavy atom. The normalized spacial score (nSPS) is 10.6. The summed E-state index contributed by atoms with van der Waals surface area (Å²) in [7, 11) is 4.03. The van der Waals surface area contributed by atoms with Crippen LogP contribution in [0.3, 0.4) is 0 Å². The molecule has 0 aliphatic rings. The Morgan fingerprint density at radius 1 is 1.36 bits per heavy atom. The maximum Gasteiger partial charge on any atom is 0.142 e. The lowest BCUT2D eigenvalue weighted by atomic mass is 10.2. The maximum atomic E-state index is 5.86. The average Bonchev–Trinajstić information content (AvgIpc) is 2.12. The Hall–Kier alpha value is -1.22. The third kappa shape index (κ3) is 2.92. The van der Waals surface area contributed by atoms with E-state index in [0.717, 1.165) is 23.5 Å². The van der Waals surface area contributed by atoms with Crippen molar-refractivity contribution in [2.24, 2.45) is 0 Å². The lowest BCUT2D eigenvalue weighted by Crippen LogP contribution is -2.19. The molecular weight excluding hydrogens is 176 g/mol. The van der Waals surface area contributed by atoms with E-state index in [1.807, 2.05) is 39.2 Å². The van der Waals surface area contributed by atoms with Gasteiger partial charge in [-0.3, -0.25) is 0 Å². The summed E-state index contributed by atoms with van der Waals surface area (Å²) in [5.41, 5.74) is 7.67. The van der Waals surface area contributed by atoms with Gasteiger partial charge in [-0.1, -0.05) is 12.1 Å². The number of para-hydroxylation sites is 1. The van der Waals surface area contributed by atoms with Crippen molar-refractivity contribution in [2.45, 2.75) is 6.92 Å². The molecule has 3 heteroatoms. The number of nitrogens with two attached hydrogens (primary N) is 1. The molecule has 0 bridgehead atoms. The Kier molecular flexibility index (Phi) is 3.77. The number of ether oxygens (including phenoxy) is 1. The molecule has 0 unspecified atom stereocenters. The smallest absolute Gasteiger partial charge is 0.142 e. The minimum atomic E-state index is 0.667. The number of anilines is 1. The molecule has 1 aromatic carbocycles. The van der Waals surface area contributed by atoms with Gasteiger partial charge in [0.15, 0.2) is 0 Å². The quantitative estimate of drug-likeness (QED) is 0.738. The van der Waals surface area contributed by atoms with E-state index in [-0.39, 0.29) is 0 Å². The Labute approximate surface area is 85.5 Å². The molecule has 3 nitrogen and oxygen atoms in total. The van der Waals surface area contributed by atoms with Gasteiger partial charge in [0.2, 0.25) is 0 Å². The molecule has 0 aromatic heterocycles. The van der Waals surface area contributed by atoms with Gasteiger partial charge in [0.25, 0.3) is 0 Å². The average molecular weight is 194 g/mol. The molecule has 0 atom stereocenters. The highest BCUT2D eigenvalue weighted by Crippen LogP contribution is 2.23. The fraction of sp³-hybridized carbons (Fsp3) is 0.455. The van der Waals surface area contributed by atoms with Gasteiger partial charge in [-0.25, -0.2) is 0 Å². The molecule has 0 aliphatic carbocycles. The molecule has 0 spiro atoms. The van der Waals surface area contributed by atoms with E-state index in [4.69, 9.17) is 10.5 Å². The molecule has 0 saturated carbocycles. The van der Waals surface area contributed by atoms with Gasteiger partial charge >= 0.3 is 0 Å². The van der Waals surface area contributed by atoms with Gasteiger partial charge in [-0.15, -0.1) is 0 Å². The number of benzene rings is 1. The van der Waals surface area contributed by atoms with Gasteiger partial charge in [0.1, 0.15) is 12.4 Å². The number of nitrogens with zero attached hydrogens (tertiary/aromatic N) is 1. The van der Waals surface area contributed by atoms with E-state index in [9.17, 15) is 0 Å². The summed E-state index contributed by atoms with van der Waals surface area (Å²) in [6.07, 6.45) is 0. The summed E-state index contributed by atoms with van der Waals surface area (Å²) in [4.78, 5) is 2.08. The van der Waals surface area contributed by atoms with Crippen LogP contribution >= 0.6 is 0 Å². The lowest BCUT2D eigenvalue weighted by molar-refractivity contribution is 0.262. The highest BCUT2D eigenvalue weighted by atomic mass is 16.5. The number of aryl methyl sites for hydroxylation is 1. The molecule has 0 heterocycles. The van der Waals surface area contributed by atoms with E-state index in [2.05, 4.69) is 4.90 Å². The van der Waals surface area contributed by atoms with Crippen LogP contribution in [0.25, 0.3) is 0 Å². The van der Waals surface area contributed by atoms with E-state index in [0.29, 0.717) is 6.61 Å². The van der Waals surface area contributed by atoms with Crippen LogP contribution in [0.2, 0.25) is 0 Å². The topological polar surface area (TPSA) is 38.5 Å². The molecule has 78 valence electrons. The molecule has 1 rings (SSSR count). The molecule has 0 radical (unpaired) electrons. The van der Waals surface area contributed by atoms with E-state index in [1.54, 1.807) is 0 Å². The van der Waals surface area contributed by atoms with Crippen LogP contribution in [0.15, 0.2) is 18.2 Å². The van der Waals surface area contributed by atoms with Crippen LogP contribution < -0.4 is 10.5 Å². The second-order valence-corrected chi connectivity index (χ2v) is 3.64. The van der Waals surface area contributed by atoms with Crippen molar-refractivity contribution in [3.63, 3.8) is 0 Å². The molecule has 0 fully saturated rings. The predicted molar refractivity (Wildman–Crippen MR) is 59.6 cm³/mol. The molecular formula is C11H18N2O. The first kappa shape index (κ1) is 10.9. The van der Waals surface area contributed by atoms with Crippen molar-refractivity contribution in [1.82, 2.24) is 4.90 Å². The molecule has 0 aliphatic heterocycles. The molecule has 2 N–H and O–H groups in total. The number of hydrogen-bond acceptors (Lipinski definition) is 3. The van der Waals surface area contributed by atoms with Gasteiger partial charge in [-0.2, -0.15) is 0 Å². The van der Waals surface area contributed by atoms with Crippen molar-refractivity contribution in [2.75, 3.05) is 33.0 Å². The summed E-state index contributed by atoms with van der Waals surface area (Å²) in [5.74, 6) is 0.784. The number of likely N-dealkylation sites (N-methyl/N-ethyl adjacent to an activating group) is 1. The first-order chi connectivity index (χ1) is 6.61. The Bertz CT molecular complexity index is 297. The molecule has 0 amide bonds. The largest absolute Gasteiger partial charge is 0.490 e. The third-order valence-electron chi connectivity index (χ3n) is 2.08. The first-order valence-corrected chi connectivity index (χ1v) is 4.74. The summed E-state index contributed by atoms with van der Waals surface area (Å²) in [5, 5.41) is 0. The summed E-state index contributed by atoms with van der Waals surface area (Å²) < 4.78 is 5.56. The fourth-order valence-corrected chi connectivity index (χ4v) is 1.12. The number of hydrogen-bond donors (Lipinski definition) is 1. The fourth-order valence-electron chi connectivity index (χ4n) is 1.12. The highest BCUT2D eigenvalue weighted by Gasteiger charge is 2.01. The third-order valence-corrected chi connectivity index (χ3v) is 2.08. The Balaban J connectivity index is 2.54. The van der Waals surface area contributed by atoms with Crippen LogP contribution in [-0.2, 0) is 0 Å². The van der Waals surface area contributed by atoms with Gasteiger partial charge < -0.3 is 15.4 Å². The van der Waals surface area contributed by atoms with Crippen LogP contribution in [0.5, 0.6) is 5.75 Å². The van der Waals surface area contributed by atoms with Crippen LogP contribution in [0.4, 0.5) is 5.69 Å². The predicted octanol–water partition coefficient (Wildman–Crippen LogP) is 1.52. The van der Waals surface area contributed by atoms with Gasteiger partial charge in [0, 0.05) is 6.54 Å². The maximum absolute atomic E-state index is 5.86. The minimum absolute atomic E-state index is 0.667. The van der Waals surface area contributed by atoms with E-state index >= 15 is 0 Å². The number of nitrogen functional groups attached to an aromatic ring is 1. The zero-order chi connectivity index (χ0) is 10.6. The van der Waals surface area contributed by atoms with Crippen LogP contribution in [0, 0.1) is 6.92 Å². The monoisotopic (exact) mass is 194 g/mol. The zero-order valence-electron chi connectivity index (χ0n) is 9.08. The Morgan fingerprint density at radius 2 is 2.07 bits per heavy atom. The standard InChI is InChI=1S/C11H18N2O/c1-9-5-4-6-10(11(9)12)14-8-7-13(2)3/h4-6H,7-8,12H2,1-3H3. The highest BCUT2D eigenvalue weighted by molar-refractivity contribution is 5.57. The second kappa shape index (κ2) is 4.86. The van der Waals surface area contributed by atoms with Gasteiger partial charge in [-0.05, 0) is 32.6 Å². The van der Waals surface area contributed by atoms with Crippen LogP contribution in [0.1, 0.15) is 5.56 Å². The number of rotatable bonds is 4. The lowest BCUT2D eigenvalue weighted by Gasteiger charge is -2.13. The van der Waals surface area contributed by atoms with Crippen molar-refractivity contribution < 1.29 is 4.74 Å². The summed E-state index contributed by atoms with van der Waals surface area (Å²) in [6.45, 7) is 3.54. The van der Waals surface area contributed by atoms with Crippen molar-refractivity contribution in [3.05, 3.63) is 23.8 Å². The van der Waals surface area contributed by atoms with E-state index < -0.39 is 0 Å². The zero-order valence-corrected chi connectivity index (χ0v) is 9.08. The van der Waals surface area contributed by atoms with Crippen molar-refractivity contribution in [1.29, 1.82) is 0 Å². The second-order valence-electron chi connectivity index (χ2n) is 3.64. The van der Waals surface area contributed by atoms with E-state index in [1.165, 1.54) is 0 Å². The van der Waals surface area contributed by atoms with Crippen molar-refractivity contribution in [3.8, 4) is 5.75 Å². The first-order valence-electron chi connectivity index (χ1n) is 4.74.